The number of hydrogen-bond donors (Lipinski definition) is 3. The van der Waals surface area contributed by atoms with E-state index in [4.69, 9.17) is 12.2 Å². The number of aryl methyl sites for hydroxylation is 2. The van der Waals surface area contributed by atoms with Crippen LogP contribution in [0.3, 0.4) is 0 Å². The fourth-order valence-electron chi connectivity index (χ4n) is 3.71. The van der Waals surface area contributed by atoms with E-state index in [1.54, 1.807) is 13.0 Å². The van der Waals surface area contributed by atoms with Gasteiger partial charge in [0, 0.05) is 34.1 Å². The van der Waals surface area contributed by atoms with Gasteiger partial charge in [-0.05, 0) is 73.6 Å². The van der Waals surface area contributed by atoms with Gasteiger partial charge in [0.1, 0.15) is 5.25 Å². The van der Waals surface area contributed by atoms with Gasteiger partial charge >= 0.3 is 0 Å². The second kappa shape index (κ2) is 12.4. The van der Waals surface area contributed by atoms with E-state index in [1.165, 1.54) is 29.5 Å². The first-order valence-electron chi connectivity index (χ1n) is 11.8. The molecule has 0 fully saturated rings. The van der Waals surface area contributed by atoms with Crippen LogP contribution in [0.2, 0.25) is 0 Å². The van der Waals surface area contributed by atoms with Crippen LogP contribution in [0.15, 0.2) is 102 Å². The summed E-state index contributed by atoms with van der Waals surface area (Å²) in [4.78, 5) is 25.0. The molecule has 3 N–H and O–H groups in total. The van der Waals surface area contributed by atoms with Gasteiger partial charge in [-0.2, -0.15) is 0 Å². The Morgan fingerprint density at radius 3 is 2.24 bits per heavy atom. The van der Waals surface area contributed by atoms with Crippen LogP contribution in [0.5, 0.6) is 0 Å². The predicted molar refractivity (Wildman–Crippen MR) is 159 cm³/mol. The van der Waals surface area contributed by atoms with E-state index in [-0.39, 0.29) is 11.6 Å². The molecule has 4 aromatic carbocycles. The average Bonchev–Trinajstić information content (AvgIpc) is 2.90. The van der Waals surface area contributed by atoms with Crippen molar-refractivity contribution in [1.29, 1.82) is 0 Å². The normalized spacial score (nSPS) is 11.3. The standard InChI is InChI=1S/C29H26N4O3S2/c1-19-11-13-22(14-12-19)30-29(37)31-23-9-6-10-25(18-23)38-27(21-7-4-3-5-8-21)28(34)32-26-16-15-24(33(35)36)17-20(26)2/h3-18,27H,1-2H3,(H,32,34)(H2,30,31,37). The molecule has 0 spiro atoms. The number of thioether (sulfide) groups is 1. The van der Waals surface area contributed by atoms with Crippen LogP contribution in [0, 0.1) is 24.0 Å². The fourth-order valence-corrected chi connectivity index (χ4v) is 5.03. The monoisotopic (exact) mass is 542 g/mol. The first-order valence-corrected chi connectivity index (χ1v) is 13.1. The largest absolute Gasteiger partial charge is 0.332 e. The Kier molecular flexibility index (Phi) is 8.73. The van der Waals surface area contributed by atoms with Crippen LogP contribution >= 0.6 is 24.0 Å². The lowest BCUT2D eigenvalue weighted by Crippen LogP contribution is -2.20. The number of amides is 1. The Labute approximate surface area is 230 Å². The molecular weight excluding hydrogens is 516 g/mol. The molecule has 0 saturated heterocycles. The number of nitro groups is 1. The van der Waals surface area contributed by atoms with Crippen molar-refractivity contribution in [3.05, 3.63) is 124 Å². The third-order valence-electron chi connectivity index (χ3n) is 5.67. The van der Waals surface area contributed by atoms with Gasteiger partial charge in [0.2, 0.25) is 5.91 Å². The number of thiocarbonyl (C=S) groups is 1. The first-order chi connectivity index (χ1) is 18.3. The molecule has 0 aliphatic rings. The summed E-state index contributed by atoms with van der Waals surface area (Å²) >= 11 is 6.88. The number of carbonyl (C=O) groups is 1. The molecule has 0 radical (unpaired) electrons. The summed E-state index contributed by atoms with van der Waals surface area (Å²) in [5, 5.41) is 20.3. The zero-order chi connectivity index (χ0) is 27.1. The molecule has 0 bridgehead atoms. The highest BCUT2D eigenvalue weighted by molar-refractivity contribution is 8.00. The summed E-state index contributed by atoms with van der Waals surface area (Å²) in [7, 11) is 0. The molecule has 4 aromatic rings. The summed E-state index contributed by atoms with van der Waals surface area (Å²) in [5.74, 6) is -0.229. The molecule has 0 heterocycles. The van der Waals surface area contributed by atoms with Crippen LogP contribution in [-0.4, -0.2) is 15.9 Å². The third-order valence-corrected chi connectivity index (χ3v) is 7.13. The van der Waals surface area contributed by atoms with E-state index >= 15 is 0 Å². The molecule has 1 atom stereocenters. The van der Waals surface area contributed by atoms with Crippen molar-refractivity contribution >= 4 is 57.7 Å². The zero-order valence-electron chi connectivity index (χ0n) is 20.8. The quantitative estimate of drug-likeness (QED) is 0.0918. The summed E-state index contributed by atoms with van der Waals surface area (Å²) in [5.41, 5.74) is 4.81. The Morgan fingerprint density at radius 2 is 1.55 bits per heavy atom. The highest BCUT2D eigenvalue weighted by Gasteiger charge is 2.23. The number of nitrogens with one attached hydrogen (secondary N) is 3. The Balaban J connectivity index is 1.50. The molecule has 0 aliphatic heterocycles. The predicted octanol–water partition coefficient (Wildman–Crippen LogP) is 7.49. The fraction of sp³-hybridized carbons (Fsp3) is 0.103. The number of non-ortho nitro benzene ring substituents is 1. The molecule has 192 valence electrons. The molecule has 4 rings (SSSR count). The first kappa shape index (κ1) is 26.8. The van der Waals surface area contributed by atoms with E-state index in [9.17, 15) is 14.9 Å². The van der Waals surface area contributed by atoms with E-state index in [0.717, 1.165) is 21.8 Å². The molecule has 0 aliphatic carbocycles. The maximum Gasteiger partial charge on any atom is 0.269 e. The summed E-state index contributed by atoms with van der Waals surface area (Å²) in [6.45, 7) is 3.76. The van der Waals surface area contributed by atoms with Crippen molar-refractivity contribution in [3.8, 4) is 0 Å². The number of benzene rings is 4. The Hall–Kier alpha value is -4.21. The minimum Gasteiger partial charge on any atom is -0.332 e. The van der Waals surface area contributed by atoms with Gasteiger partial charge < -0.3 is 16.0 Å². The minimum absolute atomic E-state index is 0.0198. The Bertz CT molecular complexity index is 1460. The smallest absolute Gasteiger partial charge is 0.269 e. The lowest BCUT2D eigenvalue weighted by atomic mass is 10.1. The van der Waals surface area contributed by atoms with Gasteiger partial charge in [-0.1, -0.05) is 54.1 Å². The van der Waals surface area contributed by atoms with Gasteiger partial charge in [-0.15, -0.1) is 11.8 Å². The van der Waals surface area contributed by atoms with Gasteiger partial charge in [0.15, 0.2) is 5.11 Å². The molecular formula is C29H26N4O3S2. The number of carbonyl (C=O) groups excluding carboxylic acids is 1. The summed E-state index contributed by atoms with van der Waals surface area (Å²) < 4.78 is 0. The number of nitrogens with zero attached hydrogens (tertiary/aromatic N) is 1. The molecule has 0 saturated carbocycles. The molecule has 7 nitrogen and oxygen atoms in total. The average molecular weight is 543 g/mol. The Morgan fingerprint density at radius 1 is 0.842 bits per heavy atom. The number of hydrogen-bond acceptors (Lipinski definition) is 5. The number of anilines is 3. The van der Waals surface area contributed by atoms with Crippen LogP contribution in [-0.2, 0) is 4.79 Å². The maximum absolute atomic E-state index is 13.5. The second-order valence-electron chi connectivity index (χ2n) is 8.63. The van der Waals surface area contributed by atoms with Gasteiger partial charge in [0.05, 0.1) is 4.92 Å². The van der Waals surface area contributed by atoms with E-state index in [2.05, 4.69) is 16.0 Å². The van der Waals surface area contributed by atoms with Crippen LogP contribution in [0.25, 0.3) is 0 Å². The van der Waals surface area contributed by atoms with Crippen molar-refractivity contribution in [3.63, 3.8) is 0 Å². The van der Waals surface area contributed by atoms with Crippen molar-refractivity contribution in [1.82, 2.24) is 0 Å². The highest BCUT2D eigenvalue weighted by atomic mass is 32.2. The van der Waals surface area contributed by atoms with E-state index in [0.29, 0.717) is 16.4 Å². The van der Waals surface area contributed by atoms with Crippen LogP contribution < -0.4 is 16.0 Å². The summed E-state index contributed by atoms with van der Waals surface area (Å²) in [6.07, 6.45) is 0. The summed E-state index contributed by atoms with van der Waals surface area (Å²) in [6, 6.07) is 29.5. The van der Waals surface area contributed by atoms with Gasteiger partial charge in [0.25, 0.3) is 5.69 Å². The van der Waals surface area contributed by atoms with Crippen molar-refractivity contribution in [2.24, 2.45) is 0 Å². The number of nitro benzene ring substituents is 1. The van der Waals surface area contributed by atoms with Crippen LogP contribution in [0.4, 0.5) is 22.7 Å². The molecule has 1 amide bonds. The van der Waals surface area contributed by atoms with Gasteiger partial charge in [-0.25, -0.2) is 0 Å². The topological polar surface area (TPSA) is 96.3 Å². The zero-order valence-corrected chi connectivity index (χ0v) is 22.4. The molecule has 38 heavy (non-hydrogen) atoms. The molecule has 0 aromatic heterocycles. The van der Waals surface area contributed by atoms with Crippen molar-refractivity contribution in [2.75, 3.05) is 16.0 Å². The minimum atomic E-state index is -0.557. The van der Waals surface area contributed by atoms with E-state index in [1.807, 2.05) is 85.8 Å². The van der Waals surface area contributed by atoms with Crippen molar-refractivity contribution in [2.45, 2.75) is 24.0 Å². The second-order valence-corrected chi connectivity index (χ2v) is 10.2. The highest BCUT2D eigenvalue weighted by Crippen LogP contribution is 2.37. The third kappa shape index (κ3) is 7.18. The van der Waals surface area contributed by atoms with Crippen molar-refractivity contribution < 1.29 is 9.72 Å². The SMILES string of the molecule is Cc1ccc(NC(=S)Nc2cccc(SC(C(=O)Nc3ccc([N+](=O)[O-])cc3C)c3ccccc3)c2)cc1. The van der Waals surface area contributed by atoms with Crippen LogP contribution in [0.1, 0.15) is 21.9 Å². The lowest BCUT2D eigenvalue weighted by molar-refractivity contribution is -0.384. The molecule has 1 unspecified atom stereocenters. The maximum atomic E-state index is 13.5. The molecule has 9 heteroatoms. The van der Waals surface area contributed by atoms with E-state index < -0.39 is 10.2 Å². The van der Waals surface area contributed by atoms with Gasteiger partial charge in [-0.3, -0.25) is 14.9 Å². The lowest BCUT2D eigenvalue weighted by Gasteiger charge is -2.18. The number of rotatable bonds is 8.